The van der Waals surface area contributed by atoms with Crippen molar-refractivity contribution in [2.75, 3.05) is 0 Å². The number of ether oxygens (including phenoxy) is 1. The van der Waals surface area contributed by atoms with Crippen molar-refractivity contribution in [1.29, 1.82) is 0 Å². The molecule has 31 heavy (non-hydrogen) atoms. The summed E-state index contributed by atoms with van der Waals surface area (Å²) in [6.45, 7) is 3.72. The first-order chi connectivity index (χ1) is 15.2. The van der Waals surface area contributed by atoms with Crippen LogP contribution in [0.5, 0.6) is 0 Å². The van der Waals surface area contributed by atoms with Crippen molar-refractivity contribution in [2.24, 2.45) is 0 Å². The Kier molecular flexibility index (Phi) is 13.5. The summed E-state index contributed by atoms with van der Waals surface area (Å²) in [7, 11) is 0. The predicted molar refractivity (Wildman–Crippen MR) is 124 cm³/mol. The Morgan fingerprint density at radius 2 is 1.48 bits per heavy atom. The molecule has 5 heteroatoms. The fourth-order valence-corrected chi connectivity index (χ4v) is 4.30. The zero-order valence-corrected chi connectivity index (χ0v) is 19.1. The lowest BCUT2D eigenvalue weighted by atomic mass is 10.0. The molecule has 1 N–H and O–H groups in total. The van der Waals surface area contributed by atoms with Crippen molar-refractivity contribution in [2.45, 2.75) is 121 Å². The second-order valence-electron chi connectivity index (χ2n) is 8.82. The van der Waals surface area contributed by atoms with Crippen LogP contribution in [-0.4, -0.2) is 35.5 Å². The molecule has 2 aliphatic heterocycles. The normalized spacial score (nSPS) is 26.7. The van der Waals surface area contributed by atoms with E-state index in [1.54, 1.807) is 0 Å². The number of allylic oxidation sites excluding steroid dienone is 5. The number of rotatable bonds is 16. The minimum absolute atomic E-state index is 0.00529. The van der Waals surface area contributed by atoms with Crippen LogP contribution in [0.3, 0.4) is 0 Å². The highest BCUT2D eigenvalue weighted by Crippen LogP contribution is 2.31. The number of carbonyl (C=O) groups is 1. The Morgan fingerprint density at radius 1 is 0.806 bits per heavy atom. The summed E-state index contributed by atoms with van der Waals surface area (Å²) >= 11 is 0. The van der Waals surface area contributed by atoms with Crippen LogP contribution in [0.25, 0.3) is 0 Å². The monoisotopic (exact) mass is 434 g/mol. The summed E-state index contributed by atoms with van der Waals surface area (Å²) < 4.78 is 6.19. The molecule has 5 nitrogen and oxygen atoms in total. The lowest BCUT2D eigenvalue weighted by Crippen LogP contribution is -2.37. The van der Waals surface area contributed by atoms with E-state index in [0.29, 0.717) is 6.10 Å². The molecule has 0 aromatic rings. The molecule has 2 saturated heterocycles. The van der Waals surface area contributed by atoms with Crippen molar-refractivity contribution in [3.63, 3.8) is 0 Å². The first-order valence-corrected chi connectivity index (χ1v) is 12.3. The maximum Gasteiger partial charge on any atom is 0.306 e. The van der Waals surface area contributed by atoms with Crippen LogP contribution >= 0.6 is 0 Å². The van der Waals surface area contributed by atoms with E-state index >= 15 is 0 Å². The zero-order valence-electron chi connectivity index (χ0n) is 19.1. The van der Waals surface area contributed by atoms with Gasteiger partial charge in [-0.3, -0.25) is 4.79 Å². The molecule has 2 rings (SSSR count). The van der Waals surface area contributed by atoms with Crippen LogP contribution < -0.4 is 0 Å². The van der Waals surface area contributed by atoms with E-state index in [0.717, 1.165) is 44.9 Å². The summed E-state index contributed by atoms with van der Waals surface area (Å²) in [6.07, 6.45) is 26.6. The number of unbranched alkanes of at least 4 members (excludes halogenated alkanes) is 7. The number of aliphatic carboxylic acids is 1. The maximum absolute atomic E-state index is 10.8. The van der Waals surface area contributed by atoms with E-state index in [9.17, 15) is 4.79 Å². The maximum atomic E-state index is 10.8. The van der Waals surface area contributed by atoms with Gasteiger partial charge in [-0.15, -0.1) is 6.58 Å². The Bertz CT molecular complexity index is 548. The van der Waals surface area contributed by atoms with Gasteiger partial charge in [0.2, 0.25) is 0 Å². The predicted octanol–water partition coefficient (Wildman–Crippen LogP) is 6.69. The quantitative estimate of drug-likeness (QED) is 0.127. The Hall–Kier alpha value is -1.43. The van der Waals surface area contributed by atoms with Crippen LogP contribution in [0.2, 0.25) is 0 Å². The van der Waals surface area contributed by atoms with Gasteiger partial charge >= 0.3 is 5.97 Å². The van der Waals surface area contributed by atoms with Gasteiger partial charge in [-0.2, -0.15) is 0 Å². The summed E-state index contributed by atoms with van der Waals surface area (Å²) in [5.41, 5.74) is 0. The molecule has 0 saturated carbocycles. The van der Waals surface area contributed by atoms with Gasteiger partial charge in [0.05, 0.1) is 18.6 Å². The third-order valence-electron chi connectivity index (χ3n) is 6.11. The fourth-order valence-electron chi connectivity index (χ4n) is 4.30. The van der Waals surface area contributed by atoms with E-state index in [-0.39, 0.29) is 24.7 Å². The van der Waals surface area contributed by atoms with Crippen molar-refractivity contribution in [3.05, 3.63) is 37.0 Å². The highest BCUT2D eigenvalue weighted by molar-refractivity contribution is 5.67. The Morgan fingerprint density at radius 3 is 2.19 bits per heavy atom. The average molecular weight is 435 g/mol. The molecule has 0 amide bonds. The Labute approximate surface area is 188 Å². The molecule has 0 unspecified atom stereocenters. The molecule has 0 radical (unpaired) electrons. The van der Waals surface area contributed by atoms with Crippen LogP contribution in [0.4, 0.5) is 0 Å². The topological polar surface area (TPSA) is 65.0 Å². The highest BCUT2D eigenvalue weighted by Gasteiger charge is 2.36. The smallest absolute Gasteiger partial charge is 0.306 e. The first-order valence-electron chi connectivity index (χ1n) is 12.3. The number of carboxylic acids is 1. The molecule has 0 bridgehead atoms. The van der Waals surface area contributed by atoms with Gasteiger partial charge in [0.25, 0.3) is 0 Å². The number of carboxylic acid groups (broad SMARTS) is 1. The number of hydrogen-bond donors (Lipinski definition) is 1. The van der Waals surface area contributed by atoms with Crippen LogP contribution in [0.15, 0.2) is 37.0 Å². The summed E-state index contributed by atoms with van der Waals surface area (Å²) in [6, 6.07) is 0. The number of hydrogen-bond acceptors (Lipinski definition) is 4. The lowest BCUT2D eigenvalue weighted by Gasteiger charge is -2.30. The average Bonchev–Trinajstić information content (AvgIpc) is 3.23. The highest BCUT2D eigenvalue weighted by atomic mass is 17.2. The van der Waals surface area contributed by atoms with Crippen molar-refractivity contribution in [3.8, 4) is 0 Å². The molecule has 2 aliphatic rings. The minimum atomic E-state index is -0.844. The van der Waals surface area contributed by atoms with Gasteiger partial charge in [-0.25, -0.2) is 9.78 Å². The zero-order chi connectivity index (χ0) is 22.2. The third kappa shape index (κ3) is 11.7. The molecule has 176 valence electrons. The van der Waals surface area contributed by atoms with Crippen molar-refractivity contribution in [1.82, 2.24) is 0 Å². The molecule has 2 fully saturated rings. The van der Waals surface area contributed by atoms with Gasteiger partial charge in [-0.1, -0.05) is 62.5 Å². The largest absolute Gasteiger partial charge is 0.481 e. The van der Waals surface area contributed by atoms with Crippen LogP contribution in [0.1, 0.15) is 96.3 Å². The summed E-state index contributed by atoms with van der Waals surface area (Å²) in [5, 5.41) is 8.84. The molecule has 0 aliphatic carbocycles. The first kappa shape index (κ1) is 25.8. The second-order valence-corrected chi connectivity index (χ2v) is 8.82. The van der Waals surface area contributed by atoms with Crippen LogP contribution in [-0.2, 0) is 19.3 Å². The molecular weight excluding hydrogens is 392 g/mol. The fraction of sp³-hybridized carbons (Fsp3) is 0.731. The molecule has 4 atom stereocenters. The molecule has 0 aromatic heterocycles. The Balaban J connectivity index is 1.41. The molecule has 2 heterocycles. The van der Waals surface area contributed by atoms with E-state index in [2.05, 4.69) is 30.9 Å². The van der Waals surface area contributed by atoms with E-state index in [1.165, 1.54) is 44.9 Å². The summed E-state index contributed by atoms with van der Waals surface area (Å²) in [4.78, 5) is 21.5. The molecule has 0 spiro atoms. The second kappa shape index (κ2) is 16.2. The minimum Gasteiger partial charge on any atom is -0.481 e. The molecular formula is C26H42O5. The van der Waals surface area contributed by atoms with Crippen molar-refractivity contribution < 1.29 is 24.4 Å². The standard InChI is InChI=1S/C26H42O5/c1-2-3-4-5-6-7-8-9-10-11-12-13-14-15-16-22-17-19-24(29-22)25-20-18-23(30-31-25)21-26(27)28/h2,5-8,22-25H,1,3-4,9-21H2,(H,27,28)/b6-5-,8-7-/t22-,23-,24-,25-/m0/s1. The van der Waals surface area contributed by atoms with E-state index in [4.69, 9.17) is 19.6 Å². The summed E-state index contributed by atoms with van der Waals surface area (Å²) in [5.74, 6) is -0.844. The van der Waals surface area contributed by atoms with Gasteiger partial charge in [0.15, 0.2) is 0 Å². The van der Waals surface area contributed by atoms with Crippen molar-refractivity contribution >= 4 is 5.97 Å². The van der Waals surface area contributed by atoms with Gasteiger partial charge < -0.3 is 9.84 Å². The molecule has 0 aromatic carbocycles. The third-order valence-corrected chi connectivity index (χ3v) is 6.11. The van der Waals surface area contributed by atoms with Gasteiger partial charge in [0.1, 0.15) is 12.2 Å². The van der Waals surface area contributed by atoms with Crippen LogP contribution in [0, 0.1) is 0 Å². The SMILES string of the molecule is C=CCC/C=C\C=C/CCCCCCCC[C@H]1CC[C@@H]([C@@H]2CC[C@@H](CC(=O)O)OO2)O1. The van der Waals surface area contributed by atoms with E-state index < -0.39 is 5.97 Å². The van der Waals surface area contributed by atoms with E-state index in [1.807, 2.05) is 6.08 Å². The lowest BCUT2D eigenvalue weighted by molar-refractivity contribution is -0.385. The van der Waals surface area contributed by atoms with Gasteiger partial charge in [0, 0.05) is 0 Å². The van der Waals surface area contributed by atoms with Gasteiger partial charge in [-0.05, 0) is 57.8 Å².